The van der Waals surface area contributed by atoms with Gasteiger partial charge in [0.1, 0.15) is 5.58 Å². The van der Waals surface area contributed by atoms with Crippen molar-refractivity contribution in [2.45, 2.75) is 0 Å². The molecule has 19 heavy (non-hydrogen) atoms. The second kappa shape index (κ2) is 4.31. The van der Waals surface area contributed by atoms with Gasteiger partial charge in [0.05, 0.1) is 19.6 Å². The van der Waals surface area contributed by atoms with Gasteiger partial charge in [0.25, 0.3) is 5.76 Å². The average molecular weight is 256 g/mol. The first-order valence-corrected chi connectivity index (χ1v) is 5.82. The molecule has 4 nitrogen and oxygen atoms in total. The zero-order valence-electron chi connectivity index (χ0n) is 10.6. The summed E-state index contributed by atoms with van der Waals surface area (Å²) in [5, 5.41) is 2.87. The lowest BCUT2D eigenvalue weighted by Gasteiger charge is -2.00. The standard InChI is InChI=1S/C15H12O4/c1-17-13-11-7-9-5-3-4-6-10(9)8-12(11)19-14(13)15(16)18-2/h3-8H,1-2H3. The van der Waals surface area contributed by atoms with Gasteiger partial charge in [-0.15, -0.1) is 0 Å². The summed E-state index contributed by atoms with van der Waals surface area (Å²) in [4.78, 5) is 11.7. The van der Waals surface area contributed by atoms with Crippen molar-refractivity contribution >= 4 is 27.7 Å². The summed E-state index contributed by atoms with van der Waals surface area (Å²) in [6.45, 7) is 0. The molecule has 0 saturated carbocycles. The maximum absolute atomic E-state index is 11.7. The van der Waals surface area contributed by atoms with Gasteiger partial charge in [-0.1, -0.05) is 24.3 Å². The first-order chi connectivity index (χ1) is 9.24. The molecule has 1 aromatic heterocycles. The second-order valence-corrected chi connectivity index (χ2v) is 4.15. The number of benzene rings is 2. The van der Waals surface area contributed by atoms with Gasteiger partial charge in [-0.05, 0) is 22.9 Å². The third-order valence-electron chi connectivity index (χ3n) is 3.09. The maximum atomic E-state index is 11.7. The summed E-state index contributed by atoms with van der Waals surface area (Å²) in [6, 6.07) is 11.7. The van der Waals surface area contributed by atoms with Crippen molar-refractivity contribution in [1.82, 2.24) is 0 Å². The molecule has 2 aromatic carbocycles. The van der Waals surface area contributed by atoms with Crippen LogP contribution in [0.25, 0.3) is 21.7 Å². The van der Waals surface area contributed by atoms with Crippen LogP contribution >= 0.6 is 0 Å². The molecular weight excluding hydrogens is 244 g/mol. The Hall–Kier alpha value is -2.49. The van der Waals surface area contributed by atoms with Gasteiger partial charge in [-0.25, -0.2) is 4.79 Å². The van der Waals surface area contributed by atoms with E-state index < -0.39 is 5.97 Å². The second-order valence-electron chi connectivity index (χ2n) is 4.15. The molecule has 0 unspecified atom stereocenters. The van der Waals surface area contributed by atoms with Crippen LogP contribution in [0.5, 0.6) is 5.75 Å². The van der Waals surface area contributed by atoms with Crippen molar-refractivity contribution in [3.05, 3.63) is 42.2 Å². The lowest BCUT2D eigenvalue weighted by molar-refractivity contribution is 0.0563. The van der Waals surface area contributed by atoms with Crippen molar-refractivity contribution in [2.24, 2.45) is 0 Å². The van der Waals surface area contributed by atoms with E-state index >= 15 is 0 Å². The molecule has 0 N–H and O–H groups in total. The van der Waals surface area contributed by atoms with Crippen molar-refractivity contribution in [3.8, 4) is 5.75 Å². The molecule has 0 saturated heterocycles. The predicted octanol–water partition coefficient (Wildman–Crippen LogP) is 3.38. The SMILES string of the molecule is COC(=O)c1oc2cc3ccccc3cc2c1OC. The molecule has 0 aliphatic heterocycles. The van der Waals surface area contributed by atoms with E-state index in [0.717, 1.165) is 16.2 Å². The minimum absolute atomic E-state index is 0.0929. The van der Waals surface area contributed by atoms with Gasteiger partial charge in [0.15, 0.2) is 5.75 Å². The van der Waals surface area contributed by atoms with Crippen molar-refractivity contribution < 1.29 is 18.7 Å². The van der Waals surface area contributed by atoms with E-state index in [1.54, 1.807) is 0 Å². The molecule has 0 aliphatic rings. The molecule has 1 heterocycles. The first-order valence-electron chi connectivity index (χ1n) is 5.82. The van der Waals surface area contributed by atoms with E-state index in [-0.39, 0.29) is 5.76 Å². The first kappa shape index (κ1) is 11.6. The molecule has 3 aromatic rings. The highest BCUT2D eigenvalue weighted by atomic mass is 16.5. The smallest absolute Gasteiger partial charge is 0.377 e. The van der Waals surface area contributed by atoms with E-state index in [1.807, 2.05) is 36.4 Å². The fourth-order valence-corrected chi connectivity index (χ4v) is 2.19. The monoisotopic (exact) mass is 256 g/mol. The number of esters is 1. The van der Waals surface area contributed by atoms with E-state index in [1.165, 1.54) is 14.2 Å². The quantitative estimate of drug-likeness (QED) is 0.659. The van der Waals surface area contributed by atoms with Crippen LogP contribution in [0, 0.1) is 0 Å². The van der Waals surface area contributed by atoms with Crippen molar-refractivity contribution in [1.29, 1.82) is 0 Å². The third-order valence-corrected chi connectivity index (χ3v) is 3.09. The summed E-state index contributed by atoms with van der Waals surface area (Å²) in [6.07, 6.45) is 0. The molecular formula is C15H12O4. The number of ether oxygens (including phenoxy) is 2. The normalized spacial score (nSPS) is 10.8. The van der Waals surface area contributed by atoms with Gasteiger partial charge in [0, 0.05) is 0 Å². The van der Waals surface area contributed by atoms with Crippen LogP contribution < -0.4 is 4.74 Å². The number of hydrogen-bond acceptors (Lipinski definition) is 4. The van der Waals surface area contributed by atoms with Gasteiger partial charge in [-0.2, -0.15) is 0 Å². The Bertz CT molecular complexity index is 770. The van der Waals surface area contributed by atoms with E-state index in [4.69, 9.17) is 13.9 Å². The zero-order valence-corrected chi connectivity index (χ0v) is 10.6. The molecule has 0 bridgehead atoms. The number of furan rings is 1. The van der Waals surface area contributed by atoms with Crippen LogP contribution in [0.4, 0.5) is 0 Å². The largest absolute Gasteiger partial charge is 0.492 e. The van der Waals surface area contributed by atoms with Crippen molar-refractivity contribution in [2.75, 3.05) is 14.2 Å². The van der Waals surface area contributed by atoms with Crippen LogP contribution in [-0.4, -0.2) is 20.2 Å². The van der Waals surface area contributed by atoms with Crippen molar-refractivity contribution in [3.63, 3.8) is 0 Å². The Morgan fingerprint density at radius 1 is 1.11 bits per heavy atom. The summed E-state index contributed by atoms with van der Waals surface area (Å²) < 4.78 is 15.5. The lowest BCUT2D eigenvalue weighted by Crippen LogP contribution is -2.01. The minimum atomic E-state index is -0.544. The maximum Gasteiger partial charge on any atom is 0.377 e. The molecule has 96 valence electrons. The Balaban J connectivity index is 2.36. The Labute approximate surface area is 109 Å². The molecule has 0 radical (unpaired) electrons. The summed E-state index contributed by atoms with van der Waals surface area (Å²) in [5.74, 6) is -0.0417. The van der Waals surface area contributed by atoms with Gasteiger partial charge < -0.3 is 13.9 Å². The molecule has 0 aliphatic carbocycles. The van der Waals surface area contributed by atoms with Crippen LogP contribution in [0.2, 0.25) is 0 Å². The molecule has 0 amide bonds. The van der Waals surface area contributed by atoms with Crippen LogP contribution in [-0.2, 0) is 4.74 Å². The lowest BCUT2D eigenvalue weighted by atomic mass is 10.1. The molecule has 4 heteroatoms. The number of rotatable bonds is 2. The highest BCUT2D eigenvalue weighted by Crippen LogP contribution is 2.35. The number of carbonyl (C=O) groups excluding carboxylic acids is 1. The number of fused-ring (bicyclic) bond motifs is 2. The minimum Gasteiger partial charge on any atom is -0.492 e. The average Bonchev–Trinajstić information content (AvgIpc) is 2.81. The van der Waals surface area contributed by atoms with Gasteiger partial charge in [-0.3, -0.25) is 0 Å². The topological polar surface area (TPSA) is 48.7 Å². The predicted molar refractivity (Wildman–Crippen MR) is 71.6 cm³/mol. The van der Waals surface area contributed by atoms with E-state index in [2.05, 4.69) is 0 Å². The van der Waals surface area contributed by atoms with E-state index in [0.29, 0.717) is 11.3 Å². The van der Waals surface area contributed by atoms with Crippen LogP contribution in [0.1, 0.15) is 10.6 Å². The molecule has 0 fully saturated rings. The Morgan fingerprint density at radius 2 is 1.79 bits per heavy atom. The molecule has 3 rings (SSSR count). The highest BCUT2D eigenvalue weighted by Gasteiger charge is 2.22. The van der Waals surface area contributed by atoms with E-state index in [9.17, 15) is 4.79 Å². The fraction of sp³-hybridized carbons (Fsp3) is 0.133. The number of hydrogen-bond donors (Lipinski definition) is 0. The molecule has 0 spiro atoms. The summed E-state index contributed by atoms with van der Waals surface area (Å²) in [5.41, 5.74) is 0.607. The zero-order chi connectivity index (χ0) is 13.4. The van der Waals surface area contributed by atoms with Crippen LogP contribution in [0.3, 0.4) is 0 Å². The van der Waals surface area contributed by atoms with Gasteiger partial charge in [0.2, 0.25) is 0 Å². The number of carbonyl (C=O) groups is 1. The Kier molecular flexibility index (Phi) is 2.63. The summed E-state index contributed by atoms with van der Waals surface area (Å²) >= 11 is 0. The molecule has 0 atom stereocenters. The Morgan fingerprint density at radius 3 is 2.42 bits per heavy atom. The third kappa shape index (κ3) is 1.73. The number of methoxy groups -OCH3 is 2. The van der Waals surface area contributed by atoms with Gasteiger partial charge >= 0.3 is 5.97 Å². The highest BCUT2D eigenvalue weighted by molar-refractivity contribution is 6.04. The van der Waals surface area contributed by atoms with Crippen LogP contribution in [0.15, 0.2) is 40.8 Å². The summed E-state index contributed by atoms with van der Waals surface area (Å²) in [7, 11) is 2.82. The fourth-order valence-electron chi connectivity index (χ4n) is 2.19.